The molecule has 0 radical (unpaired) electrons. The highest BCUT2D eigenvalue weighted by Gasteiger charge is 2.42. The summed E-state index contributed by atoms with van der Waals surface area (Å²) >= 11 is 0. The summed E-state index contributed by atoms with van der Waals surface area (Å²) in [7, 11) is 1.78. The molecule has 3 aromatic rings. The van der Waals surface area contributed by atoms with Crippen LogP contribution in [-0.2, 0) is 22.0 Å². The maximum absolute atomic E-state index is 13.5. The van der Waals surface area contributed by atoms with Crippen LogP contribution in [0.15, 0.2) is 59.4 Å². The topological polar surface area (TPSA) is 65.3 Å². The lowest BCUT2D eigenvalue weighted by atomic mass is 9.73. The summed E-state index contributed by atoms with van der Waals surface area (Å²) in [6.45, 7) is 2.64. The van der Waals surface area contributed by atoms with E-state index in [0.717, 1.165) is 5.56 Å². The fraction of sp³-hybridized carbons (Fsp3) is 0.304. The van der Waals surface area contributed by atoms with Crippen LogP contribution in [0.25, 0.3) is 5.69 Å². The molecular weight excluding hydrogens is 385 g/mol. The van der Waals surface area contributed by atoms with E-state index in [1.165, 1.54) is 16.8 Å². The number of hydrogen-bond donors (Lipinski definition) is 1. The average molecular weight is 409 g/mol. The third-order valence-corrected chi connectivity index (χ3v) is 5.97. The van der Waals surface area contributed by atoms with Crippen molar-refractivity contribution < 1.29 is 13.9 Å². The van der Waals surface area contributed by atoms with Gasteiger partial charge >= 0.3 is 0 Å². The lowest BCUT2D eigenvalue weighted by molar-refractivity contribution is -0.125. The number of nitrogens with one attached hydrogen (secondary N) is 1. The minimum atomic E-state index is -0.877. The molecular formula is C23H24FN3O3. The average Bonchev–Trinajstić information content (AvgIpc) is 2.98. The molecule has 2 heterocycles. The van der Waals surface area contributed by atoms with Crippen LogP contribution in [0.1, 0.15) is 24.1 Å². The van der Waals surface area contributed by atoms with Gasteiger partial charge in [-0.15, -0.1) is 0 Å². The van der Waals surface area contributed by atoms with Gasteiger partial charge in [0.1, 0.15) is 11.5 Å². The van der Waals surface area contributed by atoms with Crippen molar-refractivity contribution in [2.45, 2.75) is 25.2 Å². The van der Waals surface area contributed by atoms with Gasteiger partial charge in [-0.2, -0.15) is 0 Å². The fourth-order valence-corrected chi connectivity index (χ4v) is 4.08. The van der Waals surface area contributed by atoms with Gasteiger partial charge in [-0.1, -0.05) is 30.3 Å². The Labute approximate surface area is 173 Å². The fourth-order valence-electron chi connectivity index (χ4n) is 4.08. The molecule has 2 aromatic carbocycles. The smallest absolute Gasteiger partial charge is 0.295 e. The quantitative estimate of drug-likeness (QED) is 0.719. The molecule has 7 heteroatoms. The highest BCUT2D eigenvalue weighted by Crippen LogP contribution is 2.36. The van der Waals surface area contributed by atoms with Crippen LogP contribution >= 0.6 is 0 Å². The molecule has 0 aliphatic carbocycles. The standard InChI is InChI=1S/C23H24FN3O3/c1-16-20(21(28)27(26(16)2)19-6-4-3-5-7-19)25-22(29)23(12-14-30-15-13-23)17-8-10-18(24)11-9-17/h3-11H,12-15H2,1-2H3,(H,25,29). The summed E-state index contributed by atoms with van der Waals surface area (Å²) in [5.74, 6) is -0.630. The Morgan fingerprint density at radius 1 is 1.07 bits per heavy atom. The van der Waals surface area contributed by atoms with E-state index in [1.807, 2.05) is 30.3 Å². The van der Waals surface area contributed by atoms with Gasteiger partial charge in [0.15, 0.2) is 0 Å². The molecule has 1 aliphatic rings. The second-order valence-corrected chi connectivity index (χ2v) is 7.59. The molecule has 1 saturated heterocycles. The first-order chi connectivity index (χ1) is 14.4. The predicted molar refractivity (Wildman–Crippen MR) is 113 cm³/mol. The first kappa shape index (κ1) is 20.1. The Hall–Kier alpha value is -3.19. The van der Waals surface area contributed by atoms with Crippen LogP contribution in [-0.4, -0.2) is 28.5 Å². The Morgan fingerprint density at radius 2 is 1.70 bits per heavy atom. The van der Waals surface area contributed by atoms with E-state index in [1.54, 1.807) is 30.8 Å². The van der Waals surface area contributed by atoms with E-state index in [4.69, 9.17) is 4.74 Å². The van der Waals surface area contributed by atoms with E-state index in [9.17, 15) is 14.0 Å². The molecule has 1 amide bonds. The van der Waals surface area contributed by atoms with Crippen LogP contribution in [0.2, 0.25) is 0 Å². The van der Waals surface area contributed by atoms with Crippen LogP contribution in [0, 0.1) is 12.7 Å². The van der Waals surface area contributed by atoms with Crippen LogP contribution in [0.4, 0.5) is 10.1 Å². The largest absolute Gasteiger partial charge is 0.381 e. The van der Waals surface area contributed by atoms with Crippen molar-refractivity contribution in [3.63, 3.8) is 0 Å². The molecule has 1 aromatic heterocycles. The number of amides is 1. The maximum atomic E-state index is 13.5. The molecule has 6 nitrogen and oxygen atoms in total. The zero-order valence-electron chi connectivity index (χ0n) is 17.0. The zero-order valence-corrected chi connectivity index (χ0v) is 17.0. The molecule has 1 fully saturated rings. The highest BCUT2D eigenvalue weighted by atomic mass is 19.1. The van der Waals surface area contributed by atoms with Crippen molar-refractivity contribution in [3.8, 4) is 5.69 Å². The number of halogens is 1. The Bertz CT molecular complexity index is 1110. The number of carbonyl (C=O) groups is 1. The van der Waals surface area contributed by atoms with E-state index in [0.29, 0.717) is 37.4 Å². The molecule has 4 rings (SSSR count). The van der Waals surface area contributed by atoms with Crippen molar-refractivity contribution in [1.82, 2.24) is 9.36 Å². The SMILES string of the molecule is Cc1c(NC(=O)C2(c3ccc(F)cc3)CCOCC2)c(=O)n(-c2ccccc2)n1C. The number of hydrogen-bond acceptors (Lipinski definition) is 3. The van der Waals surface area contributed by atoms with Crippen molar-refractivity contribution in [3.05, 3.63) is 82.0 Å². The second-order valence-electron chi connectivity index (χ2n) is 7.59. The van der Waals surface area contributed by atoms with Crippen molar-refractivity contribution in [1.29, 1.82) is 0 Å². The Morgan fingerprint density at radius 3 is 2.33 bits per heavy atom. The number of aromatic nitrogens is 2. The normalized spacial score (nSPS) is 15.7. The molecule has 30 heavy (non-hydrogen) atoms. The van der Waals surface area contributed by atoms with E-state index < -0.39 is 5.41 Å². The minimum Gasteiger partial charge on any atom is -0.381 e. The van der Waals surface area contributed by atoms with Gasteiger partial charge < -0.3 is 10.1 Å². The van der Waals surface area contributed by atoms with E-state index in [-0.39, 0.29) is 23.0 Å². The monoisotopic (exact) mass is 409 g/mol. The second kappa shape index (κ2) is 7.91. The lowest BCUT2D eigenvalue weighted by Gasteiger charge is -2.36. The summed E-state index contributed by atoms with van der Waals surface area (Å²) in [6.07, 6.45) is 0.923. The number of rotatable bonds is 4. The Kier molecular flexibility index (Phi) is 5.30. The number of carbonyl (C=O) groups excluding carboxylic acids is 1. The molecule has 0 spiro atoms. The third-order valence-electron chi connectivity index (χ3n) is 5.97. The van der Waals surface area contributed by atoms with Gasteiger partial charge in [-0.25, -0.2) is 9.07 Å². The number of anilines is 1. The lowest BCUT2D eigenvalue weighted by Crippen LogP contribution is -2.45. The first-order valence-electron chi connectivity index (χ1n) is 9.93. The van der Waals surface area contributed by atoms with Crippen molar-refractivity contribution >= 4 is 11.6 Å². The number of ether oxygens (including phenoxy) is 1. The van der Waals surface area contributed by atoms with Gasteiger partial charge in [0.05, 0.1) is 16.8 Å². The molecule has 0 bridgehead atoms. The van der Waals surface area contributed by atoms with Crippen LogP contribution < -0.4 is 10.9 Å². The molecule has 156 valence electrons. The summed E-state index contributed by atoms with van der Waals surface area (Å²) in [4.78, 5) is 26.7. The Balaban J connectivity index is 1.74. The van der Waals surface area contributed by atoms with Crippen molar-refractivity contribution in [2.24, 2.45) is 7.05 Å². The number of nitrogens with zero attached hydrogens (tertiary/aromatic N) is 2. The van der Waals surface area contributed by atoms with Gasteiger partial charge in [0.25, 0.3) is 5.56 Å². The van der Waals surface area contributed by atoms with Crippen LogP contribution in [0.3, 0.4) is 0 Å². The minimum absolute atomic E-state index is 0.249. The predicted octanol–water partition coefficient (Wildman–Crippen LogP) is 3.31. The summed E-state index contributed by atoms with van der Waals surface area (Å²) in [5, 5.41) is 2.89. The first-order valence-corrected chi connectivity index (χ1v) is 9.93. The third kappa shape index (κ3) is 3.35. The van der Waals surface area contributed by atoms with Gasteiger partial charge in [-0.3, -0.25) is 14.3 Å². The van der Waals surface area contributed by atoms with Crippen LogP contribution in [0.5, 0.6) is 0 Å². The highest BCUT2D eigenvalue weighted by molar-refractivity contribution is 5.99. The maximum Gasteiger partial charge on any atom is 0.295 e. The molecule has 0 saturated carbocycles. The van der Waals surface area contributed by atoms with Crippen molar-refractivity contribution in [2.75, 3.05) is 18.5 Å². The van der Waals surface area contributed by atoms with E-state index >= 15 is 0 Å². The molecule has 1 N–H and O–H groups in total. The van der Waals surface area contributed by atoms with E-state index in [2.05, 4.69) is 5.32 Å². The van der Waals surface area contributed by atoms with Gasteiger partial charge in [0.2, 0.25) is 5.91 Å². The molecule has 0 atom stereocenters. The molecule has 0 unspecified atom stereocenters. The van der Waals surface area contributed by atoms with Gasteiger partial charge in [-0.05, 0) is 49.6 Å². The summed E-state index contributed by atoms with van der Waals surface area (Å²) in [6, 6.07) is 15.3. The number of para-hydroxylation sites is 1. The molecule has 1 aliphatic heterocycles. The van der Waals surface area contributed by atoms with Gasteiger partial charge in [0, 0.05) is 20.3 Å². The zero-order chi connectivity index (χ0) is 21.3. The summed E-state index contributed by atoms with van der Waals surface area (Å²) < 4.78 is 22.2. The number of benzene rings is 2. The summed E-state index contributed by atoms with van der Waals surface area (Å²) in [5.41, 5.74) is 1.17.